The van der Waals surface area contributed by atoms with E-state index < -0.39 is 0 Å². The van der Waals surface area contributed by atoms with Crippen molar-refractivity contribution in [3.8, 4) is 11.4 Å². The van der Waals surface area contributed by atoms with Crippen LogP contribution in [0.15, 0.2) is 27.2 Å². The molecule has 1 atom stereocenters. The molecule has 6 heteroatoms. The maximum absolute atomic E-state index is 13.0. The summed E-state index contributed by atoms with van der Waals surface area (Å²) in [5, 5.41) is 3.93. The predicted octanol–water partition coefficient (Wildman–Crippen LogP) is 3.34. The van der Waals surface area contributed by atoms with Crippen molar-refractivity contribution >= 4 is 15.9 Å². The van der Waals surface area contributed by atoms with Crippen LogP contribution in [0.2, 0.25) is 0 Å². The van der Waals surface area contributed by atoms with E-state index in [4.69, 9.17) is 10.3 Å². The lowest BCUT2D eigenvalue weighted by Gasteiger charge is -2.13. The van der Waals surface area contributed by atoms with Crippen molar-refractivity contribution in [2.75, 3.05) is 6.54 Å². The third kappa shape index (κ3) is 3.01. The molecule has 2 N–H and O–H groups in total. The smallest absolute Gasteiger partial charge is 0.231 e. The Morgan fingerprint density at radius 1 is 1.42 bits per heavy atom. The molecule has 1 aromatic heterocycles. The van der Waals surface area contributed by atoms with E-state index in [1.54, 1.807) is 6.07 Å². The van der Waals surface area contributed by atoms with Crippen molar-refractivity contribution in [2.24, 2.45) is 11.7 Å². The highest BCUT2D eigenvalue weighted by molar-refractivity contribution is 9.10. The van der Waals surface area contributed by atoms with Gasteiger partial charge >= 0.3 is 0 Å². The quantitative estimate of drug-likeness (QED) is 0.935. The zero-order valence-corrected chi connectivity index (χ0v) is 12.3. The van der Waals surface area contributed by atoms with Gasteiger partial charge in [0, 0.05) is 16.6 Å². The van der Waals surface area contributed by atoms with E-state index in [9.17, 15) is 4.39 Å². The third-order valence-electron chi connectivity index (χ3n) is 2.99. The van der Waals surface area contributed by atoms with Crippen molar-refractivity contribution in [2.45, 2.75) is 19.8 Å². The number of hydrogen-bond acceptors (Lipinski definition) is 4. The van der Waals surface area contributed by atoms with Crippen LogP contribution in [-0.2, 0) is 0 Å². The highest BCUT2D eigenvalue weighted by Gasteiger charge is 2.22. The van der Waals surface area contributed by atoms with Gasteiger partial charge in [-0.3, -0.25) is 0 Å². The molecule has 2 rings (SSSR count). The molecule has 102 valence electrons. The van der Waals surface area contributed by atoms with Crippen LogP contribution in [0, 0.1) is 11.7 Å². The van der Waals surface area contributed by atoms with Crippen molar-refractivity contribution < 1.29 is 8.91 Å². The molecular weight excluding hydrogens is 313 g/mol. The van der Waals surface area contributed by atoms with Gasteiger partial charge in [0.2, 0.25) is 11.7 Å². The molecule has 0 saturated heterocycles. The zero-order chi connectivity index (χ0) is 14.0. The first-order valence-electron chi connectivity index (χ1n) is 6.02. The van der Waals surface area contributed by atoms with Gasteiger partial charge in [0.1, 0.15) is 5.82 Å². The van der Waals surface area contributed by atoms with E-state index in [1.165, 1.54) is 12.1 Å². The summed E-state index contributed by atoms with van der Waals surface area (Å²) in [5.41, 5.74) is 6.41. The fraction of sp³-hybridized carbons (Fsp3) is 0.385. The van der Waals surface area contributed by atoms with E-state index in [2.05, 4.69) is 39.9 Å². The largest absolute Gasteiger partial charge is 0.339 e. The lowest BCUT2D eigenvalue weighted by molar-refractivity contribution is 0.324. The number of aromatic nitrogens is 2. The second-order valence-corrected chi connectivity index (χ2v) is 5.52. The highest BCUT2D eigenvalue weighted by Crippen LogP contribution is 2.29. The van der Waals surface area contributed by atoms with Crippen LogP contribution in [0.25, 0.3) is 11.4 Å². The Morgan fingerprint density at radius 2 is 2.16 bits per heavy atom. The van der Waals surface area contributed by atoms with Crippen LogP contribution in [0.3, 0.4) is 0 Å². The molecule has 0 bridgehead atoms. The number of rotatable bonds is 4. The van der Waals surface area contributed by atoms with Crippen LogP contribution < -0.4 is 5.73 Å². The van der Waals surface area contributed by atoms with Gasteiger partial charge in [0.25, 0.3) is 0 Å². The minimum atomic E-state index is -0.318. The lowest BCUT2D eigenvalue weighted by Crippen LogP contribution is -2.18. The standard InChI is InChI=1S/C13H15BrFN3O/c1-7(2)10(6-16)13-17-12(18-19-13)9-4-3-8(15)5-11(9)14/h3-5,7,10H,6,16H2,1-2H3. The third-order valence-corrected chi connectivity index (χ3v) is 3.65. The first kappa shape index (κ1) is 14.1. The Kier molecular flexibility index (Phi) is 4.31. The molecule has 4 nitrogen and oxygen atoms in total. The topological polar surface area (TPSA) is 64.9 Å². The molecule has 0 radical (unpaired) electrons. The Hall–Kier alpha value is -1.27. The van der Waals surface area contributed by atoms with Gasteiger partial charge in [-0.25, -0.2) is 4.39 Å². The van der Waals surface area contributed by atoms with Gasteiger partial charge in [-0.1, -0.05) is 19.0 Å². The van der Waals surface area contributed by atoms with Gasteiger partial charge in [-0.2, -0.15) is 4.98 Å². The second-order valence-electron chi connectivity index (χ2n) is 4.67. The predicted molar refractivity (Wildman–Crippen MR) is 74.0 cm³/mol. The SMILES string of the molecule is CC(C)C(CN)c1nc(-c2ccc(F)cc2Br)no1. The number of benzene rings is 1. The Labute approximate surface area is 119 Å². The fourth-order valence-electron chi connectivity index (χ4n) is 1.82. The summed E-state index contributed by atoms with van der Waals surface area (Å²) < 4.78 is 18.9. The Balaban J connectivity index is 2.35. The monoisotopic (exact) mass is 327 g/mol. The maximum atomic E-state index is 13.0. The normalized spacial score (nSPS) is 12.9. The van der Waals surface area contributed by atoms with Crippen molar-refractivity contribution in [3.63, 3.8) is 0 Å². The molecule has 2 aromatic rings. The lowest BCUT2D eigenvalue weighted by atomic mass is 9.96. The molecule has 0 amide bonds. The molecule has 0 fully saturated rings. The summed E-state index contributed by atoms with van der Waals surface area (Å²) in [5.74, 6) is 0.974. The van der Waals surface area contributed by atoms with Gasteiger partial charge in [-0.05, 0) is 40.0 Å². The van der Waals surface area contributed by atoms with Crippen molar-refractivity contribution in [1.29, 1.82) is 0 Å². The molecule has 19 heavy (non-hydrogen) atoms. The number of hydrogen-bond donors (Lipinski definition) is 1. The minimum absolute atomic E-state index is 0.0282. The van der Waals surface area contributed by atoms with E-state index in [0.717, 1.165) is 0 Å². The molecule has 1 aromatic carbocycles. The molecule has 1 heterocycles. The van der Waals surface area contributed by atoms with Gasteiger partial charge < -0.3 is 10.3 Å². The van der Waals surface area contributed by atoms with E-state index in [-0.39, 0.29) is 11.7 Å². The molecular formula is C13H15BrFN3O. The van der Waals surface area contributed by atoms with Gasteiger partial charge in [-0.15, -0.1) is 0 Å². The van der Waals surface area contributed by atoms with Crippen LogP contribution >= 0.6 is 15.9 Å². The average Bonchev–Trinajstić information content (AvgIpc) is 2.78. The Bertz CT molecular complexity index is 571. The van der Waals surface area contributed by atoms with Crippen LogP contribution in [0.5, 0.6) is 0 Å². The summed E-state index contributed by atoms with van der Waals surface area (Å²) in [4.78, 5) is 4.35. The number of nitrogens with zero attached hydrogens (tertiary/aromatic N) is 2. The second kappa shape index (κ2) is 5.79. The van der Waals surface area contributed by atoms with Crippen LogP contribution in [0.4, 0.5) is 4.39 Å². The fourth-order valence-corrected chi connectivity index (χ4v) is 2.35. The maximum Gasteiger partial charge on any atom is 0.231 e. The molecule has 0 aliphatic rings. The summed E-state index contributed by atoms with van der Waals surface area (Å²) in [6.45, 7) is 4.55. The summed E-state index contributed by atoms with van der Waals surface area (Å²) in [7, 11) is 0. The average molecular weight is 328 g/mol. The van der Waals surface area contributed by atoms with Crippen molar-refractivity contribution in [1.82, 2.24) is 10.1 Å². The van der Waals surface area contributed by atoms with Gasteiger partial charge in [0.15, 0.2) is 0 Å². The summed E-state index contributed by atoms with van der Waals surface area (Å²) in [6, 6.07) is 4.34. The van der Waals surface area contributed by atoms with E-state index in [1.807, 2.05) is 0 Å². The first-order chi connectivity index (χ1) is 9.02. The first-order valence-corrected chi connectivity index (χ1v) is 6.81. The van der Waals surface area contributed by atoms with Gasteiger partial charge in [0.05, 0.1) is 5.92 Å². The van der Waals surface area contributed by atoms with Crippen molar-refractivity contribution in [3.05, 3.63) is 34.4 Å². The van der Waals surface area contributed by atoms with Crippen LogP contribution in [-0.4, -0.2) is 16.7 Å². The molecule has 1 unspecified atom stereocenters. The molecule has 0 aliphatic heterocycles. The summed E-state index contributed by atoms with van der Waals surface area (Å²) in [6.07, 6.45) is 0. The van der Waals surface area contributed by atoms with Crippen LogP contribution in [0.1, 0.15) is 25.7 Å². The minimum Gasteiger partial charge on any atom is -0.339 e. The molecule has 0 spiro atoms. The van der Waals surface area contributed by atoms with E-state index in [0.29, 0.717) is 34.2 Å². The highest BCUT2D eigenvalue weighted by atomic mass is 79.9. The summed E-state index contributed by atoms with van der Waals surface area (Å²) >= 11 is 3.29. The molecule has 0 aliphatic carbocycles. The number of nitrogens with two attached hydrogens (primary N) is 1. The zero-order valence-electron chi connectivity index (χ0n) is 10.7. The molecule has 0 saturated carbocycles. The van der Waals surface area contributed by atoms with E-state index >= 15 is 0 Å². The number of halogens is 2. The Morgan fingerprint density at radius 3 is 2.74 bits per heavy atom.